The molecule has 0 aliphatic heterocycles. The Labute approximate surface area is 256 Å². The van der Waals surface area contributed by atoms with Gasteiger partial charge in [-0.15, -0.1) is 0 Å². The Hall–Kier alpha value is -2.77. The highest BCUT2D eigenvalue weighted by Crippen LogP contribution is 2.25. The van der Waals surface area contributed by atoms with Crippen LogP contribution in [0.3, 0.4) is 0 Å². The highest BCUT2D eigenvalue weighted by atomic mass is 33.1. The van der Waals surface area contributed by atoms with Gasteiger partial charge in [0.05, 0.1) is 20.8 Å². The number of benzene rings is 1. The van der Waals surface area contributed by atoms with E-state index in [0.717, 1.165) is 0 Å². The molecule has 2 N–H and O–H groups in total. The third-order valence-electron chi connectivity index (χ3n) is 5.51. The summed E-state index contributed by atoms with van der Waals surface area (Å²) in [5.41, 5.74) is 0.349. The lowest BCUT2D eigenvalue weighted by Crippen LogP contribution is -2.48. The van der Waals surface area contributed by atoms with Crippen molar-refractivity contribution in [3.63, 3.8) is 0 Å². The van der Waals surface area contributed by atoms with Gasteiger partial charge < -0.3 is 29.6 Å². The molecule has 1 aromatic carbocycles. The van der Waals surface area contributed by atoms with Crippen molar-refractivity contribution in [1.82, 2.24) is 10.6 Å². The molecule has 1 rings (SSSR count). The SMILES string of the molecule is COC(=O)C(CSSCC(NC(=O)[C@@H](CC(C)C)OCc1ccccc1OC(C)=O)C(=O)OC)NC(=O)CC(C)(C)C. The van der Waals surface area contributed by atoms with Crippen LogP contribution in [0.5, 0.6) is 5.75 Å². The number of carbonyl (C=O) groups is 5. The van der Waals surface area contributed by atoms with E-state index in [-0.39, 0.29) is 41.8 Å². The molecule has 0 heterocycles. The molecule has 42 heavy (non-hydrogen) atoms. The van der Waals surface area contributed by atoms with Gasteiger partial charge in [-0.3, -0.25) is 14.4 Å². The summed E-state index contributed by atoms with van der Waals surface area (Å²) in [4.78, 5) is 61.8. The van der Waals surface area contributed by atoms with E-state index in [2.05, 4.69) is 10.6 Å². The maximum Gasteiger partial charge on any atom is 0.329 e. The van der Waals surface area contributed by atoms with E-state index in [0.29, 0.717) is 17.7 Å². The highest BCUT2D eigenvalue weighted by molar-refractivity contribution is 8.76. The summed E-state index contributed by atoms with van der Waals surface area (Å²) in [7, 11) is 4.96. The molecule has 0 saturated heterocycles. The summed E-state index contributed by atoms with van der Waals surface area (Å²) in [5.74, 6) is -1.67. The van der Waals surface area contributed by atoms with Crippen LogP contribution in [0.1, 0.15) is 59.9 Å². The van der Waals surface area contributed by atoms with E-state index in [1.807, 2.05) is 34.6 Å². The van der Waals surface area contributed by atoms with Gasteiger partial charge >= 0.3 is 17.9 Å². The number of hydrogen-bond acceptors (Lipinski definition) is 11. The molecule has 0 aliphatic rings. The van der Waals surface area contributed by atoms with Gasteiger partial charge in [-0.2, -0.15) is 0 Å². The standard InChI is InChI=1S/C29H44N2O9S2/c1-18(2)13-24(39-15-20-11-9-10-12-23(20)40-19(3)32)26(34)31-22(28(36)38-8)17-42-41-16-21(27(35)37-7)30-25(33)14-29(4,5)6/h9-12,18,21-22,24H,13-17H2,1-8H3,(H,30,33)(H,31,34)/t21?,22?,24-/m1/s1. The summed E-state index contributed by atoms with van der Waals surface area (Å²) in [5, 5.41) is 5.42. The molecule has 2 unspecified atom stereocenters. The van der Waals surface area contributed by atoms with Crippen molar-refractivity contribution in [1.29, 1.82) is 0 Å². The first-order chi connectivity index (χ1) is 19.7. The third kappa shape index (κ3) is 14.9. The number of esters is 3. The van der Waals surface area contributed by atoms with Gasteiger partial charge in [0.2, 0.25) is 11.8 Å². The van der Waals surface area contributed by atoms with Crippen LogP contribution in [-0.2, 0) is 44.8 Å². The van der Waals surface area contributed by atoms with Gasteiger partial charge in [0.15, 0.2) is 0 Å². The van der Waals surface area contributed by atoms with Crippen LogP contribution >= 0.6 is 21.6 Å². The Morgan fingerprint density at radius 3 is 1.93 bits per heavy atom. The monoisotopic (exact) mass is 628 g/mol. The number of amides is 2. The highest BCUT2D eigenvalue weighted by Gasteiger charge is 2.29. The normalized spacial score (nSPS) is 13.5. The van der Waals surface area contributed by atoms with Gasteiger partial charge in [-0.25, -0.2) is 9.59 Å². The fourth-order valence-electron chi connectivity index (χ4n) is 3.59. The molecule has 0 bridgehead atoms. The fourth-order valence-corrected chi connectivity index (χ4v) is 5.89. The van der Waals surface area contributed by atoms with Crippen LogP contribution < -0.4 is 15.4 Å². The lowest BCUT2D eigenvalue weighted by molar-refractivity contribution is -0.146. The van der Waals surface area contributed by atoms with Crippen molar-refractivity contribution in [2.75, 3.05) is 25.7 Å². The second-order valence-corrected chi connectivity index (χ2v) is 13.7. The minimum absolute atomic E-state index is 0.0115. The summed E-state index contributed by atoms with van der Waals surface area (Å²) in [6, 6.07) is 5.02. The first kappa shape index (κ1) is 37.3. The average Bonchev–Trinajstić information content (AvgIpc) is 2.90. The molecule has 0 radical (unpaired) electrons. The number of methoxy groups -OCH3 is 2. The average molecular weight is 629 g/mol. The zero-order valence-corrected chi connectivity index (χ0v) is 27.3. The predicted molar refractivity (Wildman–Crippen MR) is 163 cm³/mol. The lowest BCUT2D eigenvalue weighted by Gasteiger charge is -2.23. The number of nitrogens with one attached hydrogen (secondary N) is 2. The van der Waals surface area contributed by atoms with E-state index >= 15 is 0 Å². The zero-order valence-electron chi connectivity index (χ0n) is 25.6. The Morgan fingerprint density at radius 2 is 1.43 bits per heavy atom. The molecular weight excluding hydrogens is 584 g/mol. The Morgan fingerprint density at radius 1 is 0.881 bits per heavy atom. The van der Waals surface area contributed by atoms with Gasteiger partial charge in [-0.05, 0) is 23.8 Å². The second-order valence-electron chi connectivity index (χ2n) is 11.2. The zero-order chi connectivity index (χ0) is 31.9. The Kier molecular flexibility index (Phi) is 16.6. The van der Waals surface area contributed by atoms with Crippen LogP contribution in [0.15, 0.2) is 24.3 Å². The molecule has 0 fully saturated rings. The summed E-state index contributed by atoms with van der Waals surface area (Å²) < 4.78 is 20.9. The molecule has 0 spiro atoms. The molecule has 0 aromatic heterocycles. The third-order valence-corrected chi connectivity index (χ3v) is 7.93. The van der Waals surface area contributed by atoms with Gasteiger partial charge in [-0.1, -0.05) is 74.4 Å². The summed E-state index contributed by atoms with van der Waals surface area (Å²) in [6.07, 6.45) is -0.266. The van der Waals surface area contributed by atoms with Crippen LogP contribution in [0.2, 0.25) is 0 Å². The molecule has 1 aromatic rings. The largest absolute Gasteiger partial charge is 0.467 e. The fraction of sp³-hybridized carbons (Fsp3) is 0.621. The number of hydrogen-bond donors (Lipinski definition) is 2. The minimum atomic E-state index is -0.987. The first-order valence-corrected chi connectivity index (χ1v) is 16.0. The van der Waals surface area contributed by atoms with Crippen molar-refractivity contribution in [2.45, 2.75) is 79.2 Å². The molecule has 13 heteroatoms. The molecule has 3 atom stereocenters. The van der Waals surface area contributed by atoms with E-state index in [4.69, 9.17) is 18.9 Å². The van der Waals surface area contributed by atoms with Crippen LogP contribution in [0.4, 0.5) is 0 Å². The van der Waals surface area contributed by atoms with Gasteiger partial charge in [0.1, 0.15) is 23.9 Å². The smallest absolute Gasteiger partial charge is 0.329 e. The van der Waals surface area contributed by atoms with E-state index in [1.54, 1.807) is 24.3 Å². The van der Waals surface area contributed by atoms with Crippen molar-refractivity contribution in [3.05, 3.63) is 29.8 Å². The number of rotatable bonds is 17. The van der Waals surface area contributed by atoms with Gasteiger partial charge in [0, 0.05) is 30.4 Å². The predicted octanol–water partition coefficient (Wildman–Crippen LogP) is 3.68. The number of para-hydroxylation sites is 1. The maximum absolute atomic E-state index is 13.2. The Bertz CT molecular complexity index is 1060. The molecule has 236 valence electrons. The summed E-state index contributed by atoms with van der Waals surface area (Å²) in [6.45, 7) is 11.0. The second kappa shape index (κ2) is 18.7. The van der Waals surface area contributed by atoms with Crippen molar-refractivity contribution < 1.29 is 42.9 Å². The molecule has 0 saturated carbocycles. The van der Waals surface area contributed by atoms with Crippen LogP contribution in [-0.4, -0.2) is 73.6 Å². The lowest BCUT2D eigenvalue weighted by atomic mass is 9.92. The molecular formula is C29H44N2O9S2. The van der Waals surface area contributed by atoms with E-state index in [1.165, 1.54) is 42.7 Å². The summed E-state index contributed by atoms with van der Waals surface area (Å²) >= 11 is 0. The molecule has 11 nitrogen and oxygen atoms in total. The van der Waals surface area contributed by atoms with Crippen molar-refractivity contribution in [2.24, 2.45) is 11.3 Å². The topological polar surface area (TPSA) is 146 Å². The first-order valence-electron chi connectivity index (χ1n) is 13.5. The van der Waals surface area contributed by atoms with E-state index in [9.17, 15) is 24.0 Å². The quantitative estimate of drug-likeness (QED) is 0.113. The molecule has 2 amide bonds. The van der Waals surface area contributed by atoms with Crippen molar-refractivity contribution >= 4 is 51.3 Å². The minimum Gasteiger partial charge on any atom is -0.467 e. The van der Waals surface area contributed by atoms with Crippen LogP contribution in [0, 0.1) is 11.3 Å². The van der Waals surface area contributed by atoms with Crippen LogP contribution in [0.25, 0.3) is 0 Å². The van der Waals surface area contributed by atoms with Gasteiger partial charge in [0.25, 0.3) is 0 Å². The van der Waals surface area contributed by atoms with E-state index < -0.39 is 42.0 Å². The maximum atomic E-state index is 13.2. The number of carbonyl (C=O) groups excluding carboxylic acids is 5. The number of ether oxygens (including phenoxy) is 4. The Balaban J connectivity index is 2.84. The van der Waals surface area contributed by atoms with Crippen molar-refractivity contribution in [3.8, 4) is 5.75 Å². The molecule has 0 aliphatic carbocycles.